The number of Topliss-reactive ketones (excluding diaryl/α,β-unsaturated/α-hetero) is 1. The molecule has 0 fully saturated rings. The van der Waals surface area contributed by atoms with Gasteiger partial charge in [-0.2, -0.15) is 16.4 Å². The third-order valence-electron chi connectivity index (χ3n) is 3.98. The van der Waals surface area contributed by atoms with Gasteiger partial charge in [-0.05, 0) is 34.5 Å². The van der Waals surface area contributed by atoms with Crippen molar-refractivity contribution in [3.8, 4) is 11.4 Å². The Kier molecular flexibility index (Phi) is 5.41. The molecule has 0 saturated heterocycles. The van der Waals surface area contributed by atoms with Crippen LogP contribution < -0.4 is 11.1 Å². The molecular formula is C18H17N5O3S. The molecule has 0 aromatic carbocycles. The number of nitrogens with zero attached hydrogens (tertiary/aromatic N) is 3. The van der Waals surface area contributed by atoms with Gasteiger partial charge in [0, 0.05) is 19.7 Å². The highest BCUT2D eigenvalue weighted by Gasteiger charge is 2.28. The standard InChI is InChI=1S/C18H17N5O3S/c1-23-15(13-4-2-3-6-20-13)12(9-21-23)18(26)22-14(16(24)17(19)25)8-11-5-7-27-10-11/h2-7,9-10,14H,8H2,1H3,(H2,19,25)(H,22,26). The van der Waals surface area contributed by atoms with E-state index in [1.165, 1.54) is 22.2 Å². The van der Waals surface area contributed by atoms with Gasteiger partial charge in [0.1, 0.15) is 6.04 Å². The largest absolute Gasteiger partial charge is 0.363 e. The van der Waals surface area contributed by atoms with Gasteiger partial charge < -0.3 is 11.1 Å². The van der Waals surface area contributed by atoms with Crippen LogP contribution in [-0.2, 0) is 23.1 Å². The molecule has 0 aliphatic carbocycles. The normalized spacial score (nSPS) is 11.7. The maximum atomic E-state index is 12.8. The van der Waals surface area contributed by atoms with Crippen molar-refractivity contribution in [2.24, 2.45) is 12.8 Å². The van der Waals surface area contributed by atoms with Gasteiger partial charge in [-0.3, -0.25) is 24.0 Å². The number of carbonyl (C=O) groups excluding carboxylic acids is 3. The number of hydrogen-bond acceptors (Lipinski definition) is 6. The fraction of sp³-hybridized carbons (Fsp3) is 0.167. The van der Waals surface area contributed by atoms with Crippen molar-refractivity contribution in [1.29, 1.82) is 0 Å². The van der Waals surface area contributed by atoms with Crippen LogP contribution in [0.15, 0.2) is 47.4 Å². The summed E-state index contributed by atoms with van der Waals surface area (Å²) in [6.45, 7) is 0. The topological polar surface area (TPSA) is 120 Å². The van der Waals surface area contributed by atoms with E-state index in [9.17, 15) is 14.4 Å². The summed E-state index contributed by atoms with van der Waals surface area (Å²) >= 11 is 1.46. The second-order valence-electron chi connectivity index (χ2n) is 5.84. The molecular weight excluding hydrogens is 366 g/mol. The quantitative estimate of drug-likeness (QED) is 0.588. The minimum Gasteiger partial charge on any atom is -0.363 e. The molecule has 3 aromatic rings. The highest BCUT2D eigenvalue weighted by atomic mass is 32.1. The molecule has 3 N–H and O–H groups in total. The van der Waals surface area contributed by atoms with Crippen molar-refractivity contribution in [3.05, 3.63) is 58.5 Å². The summed E-state index contributed by atoms with van der Waals surface area (Å²) in [5.74, 6) is -2.47. The number of aryl methyl sites for hydroxylation is 1. The summed E-state index contributed by atoms with van der Waals surface area (Å²) < 4.78 is 1.53. The maximum absolute atomic E-state index is 12.8. The Morgan fingerprint density at radius 3 is 2.74 bits per heavy atom. The van der Waals surface area contributed by atoms with Crippen LogP contribution in [-0.4, -0.2) is 38.4 Å². The third kappa shape index (κ3) is 4.09. The van der Waals surface area contributed by atoms with E-state index < -0.39 is 23.6 Å². The molecule has 8 nitrogen and oxygen atoms in total. The van der Waals surface area contributed by atoms with Crippen LogP contribution in [0.2, 0.25) is 0 Å². The Morgan fingerprint density at radius 1 is 1.30 bits per heavy atom. The van der Waals surface area contributed by atoms with Gasteiger partial charge >= 0.3 is 0 Å². The number of nitrogens with one attached hydrogen (secondary N) is 1. The van der Waals surface area contributed by atoms with Gasteiger partial charge in [-0.15, -0.1) is 0 Å². The summed E-state index contributed by atoms with van der Waals surface area (Å²) in [7, 11) is 1.69. The number of nitrogens with two attached hydrogens (primary N) is 1. The van der Waals surface area contributed by atoms with Crippen LogP contribution in [0.25, 0.3) is 11.4 Å². The summed E-state index contributed by atoms with van der Waals surface area (Å²) in [6, 6.07) is 6.09. The molecule has 0 spiro atoms. The lowest BCUT2D eigenvalue weighted by Crippen LogP contribution is -2.47. The molecule has 27 heavy (non-hydrogen) atoms. The molecule has 138 valence electrons. The zero-order valence-corrected chi connectivity index (χ0v) is 15.3. The van der Waals surface area contributed by atoms with E-state index in [2.05, 4.69) is 15.4 Å². The van der Waals surface area contributed by atoms with E-state index in [4.69, 9.17) is 5.73 Å². The van der Waals surface area contributed by atoms with Crippen LogP contribution in [0.4, 0.5) is 0 Å². The van der Waals surface area contributed by atoms with E-state index >= 15 is 0 Å². The average Bonchev–Trinajstić information content (AvgIpc) is 3.30. The molecule has 0 aliphatic heterocycles. The Bertz CT molecular complexity index is 966. The van der Waals surface area contributed by atoms with Crippen molar-refractivity contribution < 1.29 is 14.4 Å². The van der Waals surface area contributed by atoms with Crippen molar-refractivity contribution in [2.75, 3.05) is 0 Å². The summed E-state index contributed by atoms with van der Waals surface area (Å²) in [5, 5.41) is 10.4. The first kappa shape index (κ1) is 18.5. The van der Waals surface area contributed by atoms with Crippen molar-refractivity contribution in [3.63, 3.8) is 0 Å². The van der Waals surface area contributed by atoms with Crippen LogP contribution in [0.1, 0.15) is 15.9 Å². The molecule has 3 heterocycles. The van der Waals surface area contributed by atoms with Gasteiger partial charge in [0.15, 0.2) is 0 Å². The van der Waals surface area contributed by atoms with E-state index in [0.717, 1.165) is 5.56 Å². The maximum Gasteiger partial charge on any atom is 0.287 e. The van der Waals surface area contributed by atoms with E-state index in [1.807, 2.05) is 16.8 Å². The molecule has 3 rings (SSSR count). The highest BCUT2D eigenvalue weighted by molar-refractivity contribution is 7.07. The Balaban J connectivity index is 1.88. The zero-order valence-electron chi connectivity index (χ0n) is 14.5. The predicted octanol–water partition coefficient (Wildman–Crippen LogP) is 0.939. The van der Waals surface area contributed by atoms with Crippen LogP contribution in [0.5, 0.6) is 0 Å². The zero-order chi connectivity index (χ0) is 19.4. The number of rotatable bonds is 7. The number of amides is 2. The lowest BCUT2D eigenvalue weighted by Gasteiger charge is -2.16. The number of carbonyl (C=O) groups is 3. The van der Waals surface area contributed by atoms with Crippen molar-refractivity contribution in [1.82, 2.24) is 20.1 Å². The van der Waals surface area contributed by atoms with Gasteiger partial charge in [0.05, 0.1) is 23.1 Å². The van der Waals surface area contributed by atoms with Crippen LogP contribution in [0, 0.1) is 0 Å². The van der Waals surface area contributed by atoms with Gasteiger partial charge in [0.25, 0.3) is 11.8 Å². The SMILES string of the molecule is Cn1ncc(C(=O)NC(Cc2ccsc2)C(=O)C(N)=O)c1-c1ccccn1. The molecule has 0 radical (unpaired) electrons. The van der Waals surface area contributed by atoms with Crippen molar-refractivity contribution >= 4 is 28.9 Å². The minimum absolute atomic E-state index is 0.177. The lowest BCUT2D eigenvalue weighted by molar-refractivity contribution is -0.137. The minimum atomic E-state index is -1.09. The van der Waals surface area contributed by atoms with Crippen molar-refractivity contribution in [2.45, 2.75) is 12.5 Å². The second-order valence-corrected chi connectivity index (χ2v) is 6.62. The number of ketones is 1. The number of aromatic nitrogens is 3. The molecule has 1 unspecified atom stereocenters. The molecule has 9 heteroatoms. The smallest absolute Gasteiger partial charge is 0.287 e. The fourth-order valence-electron chi connectivity index (χ4n) is 2.67. The first-order valence-electron chi connectivity index (χ1n) is 8.06. The molecule has 0 bridgehead atoms. The summed E-state index contributed by atoms with van der Waals surface area (Å²) in [6.07, 6.45) is 3.19. The number of pyridine rings is 1. The Hall–Kier alpha value is -3.33. The van der Waals surface area contributed by atoms with Gasteiger partial charge in [0.2, 0.25) is 5.78 Å². The molecule has 2 amide bonds. The van der Waals surface area contributed by atoms with E-state index in [1.54, 1.807) is 31.4 Å². The predicted molar refractivity (Wildman–Crippen MR) is 99.9 cm³/mol. The number of hydrogen-bond donors (Lipinski definition) is 2. The first-order chi connectivity index (χ1) is 13.0. The molecule has 3 aromatic heterocycles. The molecule has 0 aliphatic rings. The first-order valence-corrected chi connectivity index (χ1v) is 9.00. The number of thiophene rings is 1. The second kappa shape index (κ2) is 7.92. The molecule has 0 saturated carbocycles. The average molecular weight is 383 g/mol. The summed E-state index contributed by atoms with van der Waals surface area (Å²) in [5.41, 5.74) is 7.30. The fourth-order valence-corrected chi connectivity index (χ4v) is 3.35. The molecule has 1 atom stereocenters. The Morgan fingerprint density at radius 2 is 2.11 bits per heavy atom. The van der Waals surface area contributed by atoms with E-state index in [0.29, 0.717) is 11.4 Å². The van der Waals surface area contributed by atoms with Gasteiger partial charge in [-0.1, -0.05) is 6.07 Å². The monoisotopic (exact) mass is 383 g/mol. The highest BCUT2D eigenvalue weighted by Crippen LogP contribution is 2.21. The number of primary amides is 1. The van der Waals surface area contributed by atoms with Crippen LogP contribution >= 0.6 is 11.3 Å². The van der Waals surface area contributed by atoms with Gasteiger partial charge in [-0.25, -0.2) is 0 Å². The third-order valence-corrected chi connectivity index (χ3v) is 4.71. The lowest BCUT2D eigenvalue weighted by atomic mass is 10.0. The van der Waals surface area contributed by atoms with E-state index in [-0.39, 0.29) is 12.0 Å². The Labute approximate surface area is 159 Å². The summed E-state index contributed by atoms with van der Waals surface area (Å²) in [4.78, 5) is 40.6. The van der Waals surface area contributed by atoms with Crippen LogP contribution in [0.3, 0.4) is 0 Å².